The van der Waals surface area contributed by atoms with Crippen molar-refractivity contribution < 1.29 is 14.3 Å². The first-order chi connectivity index (χ1) is 17.3. The highest BCUT2D eigenvalue weighted by Gasteiger charge is 2.41. The predicted octanol–water partition coefficient (Wildman–Crippen LogP) is 5.70. The first kappa shape index (κ1) is 23.1. The zero-order valence-corrected chi connectivity index (χ0v) is 21.5. The van der Waals surface area contributed by atoms with E-state index in [0.29, 0.717) is 28.5 Å². The van der Waals surface area contributed by atoms with Crippen LogP contribution in [0.2, 0.25) is 0 Å². The molecule has 1 atom stereocenters. The molecule has 0 radical (unpaired) electrons. The summed E-state index contributed by atoms with van der Waals surface area (Å²) < 4.78 is 12.8. The molecule has 1 aliphatic heterocycles. The van der Waals surface area contributed by atoms with Crippen LogP contribution in [0.25, 0.3) is 10.9 Å². The Morgan fingerprint density at radius 3 is 2.64 bits per heavy atom. The smallest absolute Gasteiger partial charge is 0.195 e. The fourth-order valence-electron chi connectivity index (χ4n) is 6.06. The Kier molecular flexibility index (Phi) is 5.38. The van der Waals surface area contributed by atoms with Crippen LogP contribution >= 0.6 is 0 Å². The molecule has 0 bridgehead atoms. The Morgan fingerprint density at radius 2 is 1.94 bits per heavy atom. The van der Waals surface area contributed by atoms with Gasteiger partial charge in [0.05, 0.1) is 23.3 Å². The Bertz CT molecular complexity index is 1410. The molecule has 6 nitrogen and oxygen atoms in total. The fraction of sp³-hybridized carbons (Fsp3) is 0.467. The molecule has 0 unspecified atom stereocenters. The Labute approximate surface area is 212 Å². The predicted molar refractivity (Wildman–Crippen MR) is 139 cm³/mol. The van der Waals surface area contributed by atoms with E-state index < -0.39 is 5.41 Å². The van der Waals surface area contributed by atoms with Crippen molar-refractivity contribution in [2.24, 2.45) is 0 Å². The van der Waals surface area contributed by atoms with Crippen molar-refractivity contribution in [3.05, 3.63) is 58.3 Å². The van der Waals surface area contributed by atoms with Crippen LogP contribution < -0.4 is 9.47 Å². The largest absolute Gasteiger partial charge is 0.487 e. The number of H-pyrrole nitrogens is 1. The van der Waals surface area contributed by atoms with E-state index in [-0.39, 0.29) is 18.0 Å². The summed E-state index contributed by atoms with van der Waals surface area (Å²) >= 11 is 0. The minimum absolute atomic E-state index is 0.0209. The van der Waals surface area contributed by atoms with Crippen LogP contribution in [0.4, 0.5) is 0 Å². The van der Waals surface area contributed by atoms with E-state index in [2.05, 4.69) is 29.8 Å². The molecule has 3 aromatic rings. The number of benzene rings is 2. The molecule has 6 rings (SSSR count). The van der Waals surface area contributed by atoms with Crippen LogP contribution in [0.15, 0.2) is 30.3 Å². The van der Waals surface area contributed by atoms with Crippen molar-refractivity contribution in [1.82, 2.24) is 9.88 Å². The van der Waals surface area contributed by atoms with Gasteiger partial charge in [-0.05, 0) is 62.9 Å². The highest BCUT2D eigenvalue weighted by Crippen LogP contribution is 2.47. The number of hydrogen-bond acceptors (Lipinski definition) is 5. The van der Waals surface area contributed by atoms with Gasteiger partial charge in [0, 0.05) is 46.7 Å². The zero-order chi connectivity index (χ0) is 25.2. The number of fused-ring (bicyclic) bond motifs is 4. The van der Waals surface area contributed by atoms with Gasteiger partial charge in [0.15, 0.2) is 17.3 Å². The maximum atomic E-state index is 13.9. The monoisotopic (exact) mass is 483 g/mol. The van der Waals surface area contributed by atoms with E-state index in [1.54, 1.807) is 6.07 Å². The Hall–Kier alpha value is -3.30. The summed E-state index contributed by atoms with van der Waals surface area (Å²) in [6.07, 6.45) is 5.01. The lowest BCUT2D eigenvalue weighted by Crippen LogP contribution is -2.39. The Balaban J connectivity index is 1.42. The SMILES string of the molecule is CC(C)Oc1cc2c(cc1O[C@@H]1CCN(C3CCC3)C1)C(C)(C)c1[nH]c3cc(C#N)ccc3c1C2=O. The summed E-state index contributed by atoms with van der Waals surface area (Å²) in [4.78, 5) is 19.9. The maximum absolute atomic E-state index is 13.9. The summed E-state index contributed by atoms with van der Waals surface area (Å²) in [7, 11) is 0. The van der Waals surface area contributed by atoms with Gasteiger partial charge in [-0.2, -0.15) is 5.26 Å². The summed E-state index contributed by atoms with van der Waals surface area (Å²) in [5, 5.41) is 10.2. The molecule has 1 N–H and O–H groups in total. The zero-order valence-electron chi connectivity index (χ0n) is 21.5. The van der Waals surface area contributed by atoms with E-state index >= 15 is 0 Å². The summed E-state index contributed by atoms with van der Waals surface area (Å²) in [5.41, 5.74) is 4.08. The number of carbonyl (C=O) groups is 1. The molecule has 2 aromatic carbocycles. The summed E-state index contributed by atoms with van der Waals surface area (Å²) in [6.45, 7) is 10.3. The number of ether oxygens (including phenoxy) is 2. The quantitative estimate of drug-likeness (QED) is 0.503. The lowest BCUT2D eigenvalue weighted by atomic mass is 9.71. The second-order valence-electron chi connectivity index (χ2n) is 11.3. The first-order valence-electron chi connectivity index (χ1n) is 13.1. The average molecular weight is 484 g/mol. The molecule has 2 fully saturated rings. The van der Waals surface area contributed by atoms with Crippen molar-refractivity contribution in [3.63, 3.8) is 0 Å². The number of nitriles is 1. The van der Waals surface area contributed by atoms with Crippen LogP contribution in [-0.4, -0.2) is 47.0 Å². The van der Waals surface area contributed by atoms with Gasteiger partial charge >= 0.3 is 0 Å². The second-order valence-corrected chi connectivity index (χ2v) is 11.3. The molecule has 1 saturated heterocycles. The first-order valence-corrected chi connectivity index (χ1v) is 13.1. The average Bonchev–Trinajstić information content (AvgIpc) is 3.41. The molecule has 2 heterocycles. The molecule has 1 aromatic heterocycles. The lowest BCUT2D eigenvalue weighted by molar-refractivity contribution is 0.103. The van der Waals surface area contributed by atoms with Gasteiger partial charge < -0.3 is 14.5 Å². The van der Waals surface area contributed by atoms with Gasteiger partial charge in [0.1, 0.15) is 6.10 Å². The van der Waals surface area contributed by atoms with Crippen molar-refractivity contribution in [1.29, 1.82) is 5.26 Å². The number of nitrogens with one attached hydrogen (secondary N) is 1. The van der Waals surface area contributed by atoms with Gasteiger partial charge in [-0.25, -0.2) is 0 Å². The molecule has 0 amide bonds. The van der Waals surface area contributed by atoms with Gasteiger partial charge in [-0.1, -0.05) is 26.3 Å². The number of likely N-dealkylation sites (tertiary alicyclic amines) is 1. The highest BCUT2D eigenvalue weighted by molar-refractivity contribution is 6.20. The molecule has 1 saturated carbocycles. The van der Waals surface area contributed by atoms with E-state index in [9.17, 15) is 10.1 Å². The minimum Gasteiger partial charge on any atom is -0.487 e. The molecular weight excluding hydrogens is 450 g/mol. The molecule has 186 valence electrons. The van der Waals surface area contributed by atoms with Crippen molar-refractivity contribution >= 4 is 16.7 Å². The number of hydrogen-bond donors (Lipinski definition) is 1. The van der Waals surface area contributed by atoms with E-state index in [1.807, 2.05) is 38.1 Å². The highest BCUT2D eigenvalue weighted by atomic mass is 16.5. The third kappa shape index (κ3) is 3.60. The van der Waals surface area contributed by atoms with E-state index in [1.165, 1.54) is 19.3 Å². The number of rotatable bonds is 5. The van der Waals surface area contributed by atoms with Crippen LogP contribution in [0.1, 0.15) is 86.1 Å². The van der Waals surface area contributed by atoms with Gasteiger partial charge in [-0.15, -0.1) is 0 Å². The molecule has 36 heavy (non-hydrogen) atoms. The lowest BCUT2D eigenvalue weighted by Gasteiger charge is -2.35. The topological polar surface area (TPSA) is 78.3 Å². The van der Waals surface area contributed by atoms with Gasteiger partial charge in [0.2, 0.25) is 0 Å². The maximum Gasteiger partial charge on any atom is 0.195 e. The number of nitrogens with zero attached hydrogens (tertiary/aromatic N) is 2. The number of aromatic nitrogens is 1. The normalized spacial score (nSPS) is 21.2. The molecular formula is C30H33N3O3. The minimum atomic E-state index is -0.452. The molecule has 2 aliphatic carbocycles. The van der Waals surface area contributed by atoms with Gasteiger partial charge in [0.25, 0.3) is 0 Å². The van der Waals surface area contributed by atoms with E-state index in [4.69, 9.17) is 9.47 Å². The van der Waals surface area contributed by atoms with Crippen LogP contribution in [-0.2, 0) is 5.41 Å². The second kappa shape index (κ2) is 8.38. The number of aromatic amines is 1. The standard InChI is InChI=1S/C30H33N3O3/c1-17(2)35-25-13-22-23(14-26(25)36-20-10-11-33(16-20)19-6-5-7-19)30(3,4)29-27(28(22)34)21-9-8-18(15-31)12-24(21)32-29/h8-9,12-14,17,19-20,32H,5-7,10-11,16H2,1-4H3/t20-/m1/s1. The van der Waals surface area contributed by atoms with E-state index in [0.717, 1.165) is 47.4 Å². The van der Waals surface area contributed by atoms with Crippen LogP contribution in [0, 0.1) is 11.3 Å². The van der Waals surface area contributed by atoms with Gasteiger partial charge in [-0.3, -0.25) is 9.69 Å². The molecule has 6 heteroatoms. The fourth-order valence-corrected chi connectivity index (χ4v) is 6.06. The van der Waals surface area contributed by atoms with Crippen molar-refractivity contribution in [2.75, 3.05) is 13.1 Å². The van der Waals surface area contributed by atoms with Crippen molar-refractivity contribution in [3.8, 4) is 17.6 Å². The number of carbonyl (C=O) groups excluding carboxylic acids is 1. The van der Waals surface area contributed by atoms with Crippen LogP contribution in [0.3, 0.4) is 0 Å². The Morgan fingerprint density at radius 1 is 1.14 bits per heavy atom. The summed E-state index contributed by atoms with van der Waals surface area (Å²) in [5.74, 6) is 1.33. The third-order valence-electron chi connectivity index (χ3n) is 8.21. The molecule has 3 aliphatic rings. The van der Waals surface area contributed by atoms with Crippen LogP contribution in [0.5, 0.6) is 11.5 Å². The number of ketones is 1. The van der Waals surface area contributed by atoms with Crippen molar-refractivity contribution in [2.45, 2.75) is 77.0 Å². The summed E-state index contributed by atoms with van der Waals surface area (Å²) in [6, 6.07) is 12.3. The molecule has 0 spiro atoms. The third-order valence-corrected chi connectivity index (χ3v) is 8.21.